The van der Waals surface area contributed by atoms with Gasteiger partial charge in [0, 0.05) is 13.1 Å². The Morgan fingerprint density at radius 2 is 2.13 bits per heavy atom. The topological polar surface area (TPSA) is 92.9 Å². The number of hydrogen-bond donors (Lipinski definition) is 2. The second kappa shape index (κ2) is 4.59. The molecule has 1 saturated heterocycles. The molecule has 1 fully saturated rings. The van der Waals surface area contributed by atoms with Crippen molar-refractivity contribution in [2.24, 2.45) is 11.7 Å². The zero-order chi connectivity index (χ0) is 11.6. The molecule has 3 unspecified atom stereocenters. The number of carboxylic acids is 1. The molecular weight excluding hydrogens is 200 g/mol. The van der Waals surface area contributed by atoms with E-state index in [4.69, 9.17) is 15.6 Å². The van der Waals surface area contributed by atoms with Crippen LogP contribution in [0.1, 0.15) is 6.92 Å². The number of amides is 1. The highest BCUT2D eigenvalue weighted by Gasteiger charge is 2.35. The predicted octanol–water partition coefficient (Wildman–Crippen LogP) is -1.11. The largest absolute Gasteiger partial charge is 0.480 e. The van der Waals surface area contributed by atoms with Gasteiger partial charge in [0.25, 0.3) is 0 Å². The van der Waals surface area contributed by atoms with Gasteiger partial charge in [-0.05, 0) is 6.92 Å². The lowest BCUT2D eigenvalue weighted by Crippen LogP contribution is -2.47. The van der Waals surface area contributed by atoms with E-state index in [0.29, 0.717) is 6.61 Å². The van der Waals surface area contributed by atoms with Crippen LogP contribution in [0.3, 0.4) is 0 Å². The van der Waals surface area contributed by atoms with Gasteiger partial charge in [0.1, 0.15) is 6.04 Å². The highest BCUT2D eigenvalue weighted by atomic mass is 16.5. The fraction of sp³-hybridized carbons (Fsp3) is 0.778. The number of ether oxygens (including phenoxy) is 1. The van der Waals surface area contributed by atoms with Crippen LogP contribution in [-0.2, 0) is 14.3 Å². The van der Waals surface area contributed by atoms with E-state index in [0.717, 1.165) is 0 Å². The molecule has 1 heterocycles. The average molecular weight is 216 g/mol. The zero-order valence-corrected chi connectivity index (χ0v) is 8.84. The molecule has 0 spiro atoms. The Kier molecular flexibility index (Phi) is 3.65. The van der Waals surface area contributed by atoms with Crippen LogP contribution in [0.4, 0.5) is 0 Å². The first-order valence-electron chi connectivity index (χ1n) is 4.78. The lowest BCUT2D eigenvalue weighted by molar-refractivity contribution is -0.150. The Morgan fingerprint density at radius 3 is 2.53 bits per heavy atom. The molecule has 0 bridgehead atoms. The molecule has 0 saturated carbocycles. The molecule has 86 valence electrons. The van der Waals surface area contributed by atoms with E-state index in [-0.39, 0.29) is 18.6 Å². The fourth-order valence-corrected chi connectivity index (χ4v) is 1.44. The van der Waals surface area contributed by atoms with Gasteiger partial charge in [-0.15, -0.1) is 0 Å². The van der Waals surface area contributed by atoms with Crippen LogP contribution in [0.15, 0.2) is 0 Å². The smallest absolute Gasteiger partial charge is 0.326 e. The maximum absolute atomic E-state index is 11.8. The van der Waals surface area contributed by atoms with Gasteiger partial charge in [0.15, 0.2) is 0 Å². The van der Waals surface area contributed by atoms with Crippen molar-refractivity contribution in [2.75, 3.05) is 20.3 Å². The van der Waals surface area contributed by atoms with E-state index in [1.807, 2.05) is 0 Å². The number of nitrogens with zero attached hydrogens (tertiary/aromatic N) is 1. The molecule has 3 N–H and O–H groups in total. The van der Waals surface area contributed by atoms with Gasteiger partial charge < -0.3 is 20.5 Å². The van der Waals surface area contributed by atoms with Crippen molar-refractivity contribution in [1.82, 2.24) is 4.90 Å². The van der Waals surface area contributed by atoms with Gasteiger partial charge in [-0.25, -0.2) is 4.79 Å². The van der Waals surface area contributed by atoms with Crippen molar-refractivity contribution in [3.05, 3.63) is 0 Å². The molecule has 0 aliphatic carbocycles. The average Bonchev–Trinajstić information content (AvgIpc) is 2.60. The molecule has 0 aromatic heterocycles. The zero-order valence-electron chi connectivity index (χ0n) is 8.84. The molecule has 1 aliphatic heterocycles. The van der Waals surface area contributed by atoms with Crippen molar-refractivity contribution in [1.29, 1.82) is 0 Å². The number of aliphatic carboxylic acids is 1. The first-order chi connectivity index (χ1) is 6.95. The van der Waals surface area contributed by atoms with Crippen LogP contribution in [-0.4, -0.2) is 54.2 Å². The van der Waals surface area contributed by atoms with E-state index in [1.165, 1.54) is 18.9 Å². The molecule has 6 nitrogen and oxygen atoms in total. The number of nitrogens with two attached hydrogens (primary N) is 1. The third-order valence-electron chi connectivity index (χ3n) is 2.73. The molecule has 1 rings (SSSR count). The van der Waals surface area contributed by atoms with E-state index in [1.54, 1.807) is 0 Å². The Hall–Kier alpha value is -1.14. The van der Waals surface area contributed by atoms with Crippen molar-refractivity contribution >= 4 is 11.9 Å². The van der Waals surface area contributed by atoms with Gasteiger partial charge in [-0.2, -0.15) is 0 Å². The number of rotatable bonds is 3. The second-order valence-corrected chi connectivity index (χ2v) is 3.77. The molecule has 3 atom stereocenters. The van der Waals surface area contributed by atoms with Gasteiger partial charge in [-0.1, -0.05) is 0 Å². The van der Waals surface area contributed by atoms with Crippen LogP contribution >= 0.6 is 0 Å². The quantitative estimate of drug-likeness (QED) is 0.624. The van der Waals surface area contributed by atoms with E-state index in [2.05, 4.69) is 0 Å². The Balaban J connectivity index is 2.63. The maximum atomic E-state index is 11.8. The van der Waals surface area contributed by atoms with Crippen LogP contribution in [0.5, 0.6) is 0 Å². The minimum Gasteiger partial charge on any atom is -0.480 e. The van der Waals surface area contributed by atoms with Crippen LogP contribution < -0.4 is 5.73 Å². The Bertz CT molecular complexity index is 269. The number of likely N-dealkylation sites (N-methyl/N-ethyl adjacent to an activating group) is 1. The van der Waals surface area contributed by atoms with Gasteiger partial charge >= 0.3 is 5.97 Å². The van der Waals surface area contributed by atoms with Gasteiger partial charge in [0.2, 0.25) is 5.91 Å². The summed E-state index contributed by atoms with van der Waals surface area (Å²) in [5.74, 6) is -1.72. The second-order valence-electron chi connectivity index (χ2n) is 3.77. The van der Waals surface area contributed by atoms with Crippen LogP contribution in [0, 0.1) is 5.92 Å². The number of carboxylic acid groups (broad SMARTS) is 1. The molecule has 0 aromatic rings. The summed E-state index contributed by atoms with van der Waals surface area (Å²) in [7, 11) is 1.46. The minimum absolute atomic E-state index is 0.269. The van der Waals surface area contributed by atoms with E-state index < -0.39 is 17.9 Å². The van der Waals surface area contributed by atoms with E-state index in [9.17, 15) is 9.59 Å². The molecule has 15 heavy (non-hydrogen) atoms. The third-order valence-corrected chi connectivity index (χ3v) is 2.73. The minimum atomic E-state index is -1.03. The summed E-state index contributed by atoms with van der Waals surface area (Å²) in [6.07, 6.45) is 0. The monoisotopic (exact) mass is 216 g/mol. The van der Waals surface area contributed by atoms with Crippen molar-refractivity contribution in [2.45, 2.75) is 19.0 Å². The van der Waals surface area contributed by atoms with Gasteiger partial charge in [-0.3, -0.25) is 4.79 Å². The summed E-state index contributed by atoms with van der Waals surface area (Å²) >= 11 is 0. The summed E-state index contributed by atoms with van der Waals surface area (Å²) in [5, 5.41) is 8.75. The van der Waals surface area contributed by atoms with Crippen molar-refractivity contribution in [3.8, 4) is 0 Å². The number of hydrogen-bond acceptors (Lipinski definition) is 4. The molecular formula is C9H16N2O4. The highest BCUT2D eigenvalue weighted by Crippen LogP contribution is 2.15. The third kappa shape index (κ3) is 2.45. The summed E-state index contributed by atoms with van der Waals surface area (Å²) in [5.41, 5.74) is 5.67. The highest BCUT2D eigenvalue weighted by molar-refractivity contribution is 5.85. The lowest BCUT2D eigenvalue weighted by Gasteiger charge is -2.25. The van der Waals surface area contributed by atoms with Crippen molar-refractivity contribution in [3.63, 3.8) is 0 Å². The normalized spacial score (nSPS) is 27.4. The van der Waals surface area contributed by atoms with E-state index >= 15 is 0 Å². The number of carbonyl (C=O) groups excluding carboxylic acids is 1. The lowest BCUT2D eigenvalue weighted by atomic mass is 10.0. The molecule has 0 radical (unpaired) electrons. The van der Waals surface area contributed by atoms with Gasteiger partial charge in [0.05, 0.1) is 19.1 Å². The van der Waals surface area contributed by atoms with Crippen molar-refractivity contribution < 1.29 is 19.4 Å². The Labute approximate surface area is 88.0 Å². The fourth-order valence-electron chi connectivity index (χ4n) is 1.44. The molecule has 1 amide bonds. The molecule has 6 heteroatoms. The standard InChI is InChI=1S/C9H16N2O4/c1-5(9(13)14)11(2)8(12)6-3-15-4-7(6)10/h5-7H,3-4,10H2,1-2H3,(H,13,14). The van der Waals surface area contributed by atoms with Crippen LogP contribution in [0.25, 0.3) is 0 Å². The molecule has 1 aliphatic rings. The molecule has 0 aromatic carbocycles. The predicted molar refractivity (Wildman–Crippen MR) is 52.2 cm³/mol. The van der Waals surface area contributed by atoms with Crippen LogP contribution in [0.2, 0.25) is 0 Å². The SMILES string of the molecule is CC(C(=O)O)N(C)C(=O)C1COCC1N. The summed E-state index contributed by atoms with van der Waals surface area (Å²) in [6, 6.07) is -1.17. The Morgan fingerprint density at radius 1 is 1.53 bits per heavy atom. The summed E-state index contributed by atoms with van der Waals surface area (Å²) in [4.78, 5) is 23.7. The summed E-state index contributed by atoms with van der Waals surface area (Å²) < 4.78 is 5.06. The first kappa shape index (κ1) is 11.9. The first-order valence-corrected chi connectivity index (χ1v) is 4.78. The summed E-state index contributed by atoms with van der Waals surface area (Å²) in [6.45, 7) is 2.09. The maximum Gasteiger partial charge on any atom is 0.326 e. The number of carbonyl (C=O) groups is 2.